The Hall–Kier alpha value is -3.48. The number of hydrogen-bond donors (Lipinski definition) is 2. The molecule has 4 rings (SSSR count). The largest absolute Gasteiger partial charge is 0.380 e. The molecule has 1 saturated heterocycles. The molecule has 29 heavy (non-hydrogen) atoms. The molecule has 7 nitrogen and oxygen atoms in total. The molecule has 1 aromatic carbocycles. The van der Waals surface area contributed by atoms with Crippen LogP contribution in [-0.2, 0) is 11.2 Å². The normalized spacial score (nSPS) is 16.0. The smallest absolute Gasteiger partial charge is 0.255 e. The van der Waals surface area contributed by atoms with Gasteiger partial charge in [0.25, 0.3) is 5.56 Å². The second-order valence-corrected chi connectivity index (χ2v) is 7.23. The van der Waals surface area contributed by atoms with Crippen LogP contribution in [0.1, 0.15) is 17.7 Å². The van der Waals surface area contributed by atoms with Gasteiger partial charge in [-0.05, 0) is 37.6 Å². The molecular formula is C22H23N5O2. The van der Waals surface area contributed by atoms with Gasteiger partial charge in [-0.3, -0.25) is 14.6 Å². The summed E-state index contributed by atoms with van der Waals surface area (Å²) in [5.41, 5.74) is 2.57. The maximum absolute atomic E-state index is 12.8. The van der Waals surface area contributed by atoms with E-state index in [0.717, 1.165) is 17.7 Å². The Balaban J connectivity index is 1.43. The van der Waals surface area contributed by atoms with Crippen LogP contribution in [0.5, 0.6) is 0 Å². The summed E-state index contributed by atoms with van der Waals surface area (Å²) in [6.07, 6.45) is 4.24. The average Bonchev–Trinajstić information content (AvgIpc) is 3.20. The lowest BCUT2D eigenvalue weighted by molar-refractivity contribution is -0.129. The minimum Gasteiger partial charge on any atom is -0.380 e. The maximum atomic E-state index is 12.8. The third-order valence-corrected chi connectivity index (χ3v) is 5.19. The van der Waals surface area contributed by atoms with E-state index in [1.54, 1.807) is 31.5 Å². The number of likely N-dealkylation sites (tertiary alicyclic amines) is 1. The first-order chi connectivity index (χ1) is 14.1. The fourth-order valence-corrected chi connectivity index (χ4v) is 3.60. The number of aromatic amines is 1. The number of nitrogens with zero attached hydrogens (tertiary/aromatic N) is 3. The number of aromatic nitrogens is 3. The van der Waals surface area contributed by atoms with Gasteiger partial charge in [0.15, 0.2) is 0 Å². The van der Waals surface area contributed by atoms with Crippen LogP contribution >= 0.6 is 0 Å². The highest BCUT2D eigenvalue weighted by molar-refractivity contribution is 5.79. The highest BCUT2D eigenvalue weighted by Gasteiger charge is 2.27. The molecule has 0 bridgehead atoms. The molecule has 2 N–H and O–H groups in total. The van der Waals surface area contributed by atoms with E-state index < -0.39 is 0 Å². The van der Waals surface area contributed by atoms with Crippen molar-refractivity contribution in [1.29, 1.82) is 0 Å². The number of H-pyrrole nitrogens is 1. The maximum Gasteiger partial charge on any atom is 0.255 e. The molecule has 3 heterocycles. The number of amides is 1. The first kappa shape index (κ1) is 18.9. The Labute approximate surface area is 168 Å². The summed E-state index contributed by atoms with van der Waals surface area (Å²) >= 11 is 0. The molecule has 1 atom stereocenters. The monoisotopic (exact) mass is 389 g/mol. The van der Waals surface area contributed by atoms with Crippen LogP contribution < -0.4 is 10.9 Å². The first-order valence-electron chi connectivity index (χ1n) is 9.69. The molecular weight excluding hydrogens is 366 g/mol. The fourth-order valence-electron chi connectivity index (χ4n) is 3.60. The van der Waals surface area contributed by atoms with Crippen LogP contribution in [-0.4, -0.2) is 44.9 Å². The summed E-state index contributed by atoms with van der Waals surface area (Å²) in [5.74, 6) is 0.439. The van der Waals surface area contributed by atoms with Gasteiger partial charge in [0.05, 0.1) is 6.42 Å². The van der Waals surface area contributed by atoms with Crippen LogP contribution in [0.25, 0.3) is 11.4 Å². The predicted octanol–water partition coefficient (Wildman–Crippen LogP) is 2.40. The van der Waals surface area contributed by atoms with Crippen molar-refractivity contribution in [3.8, 4) is 11.4 Å². The zero-order valence-electron chi connectivity index (χ0n) is 16.3. The zero-order chi connectivity index (χ0) is 20.2. The second kappa shape index (κ2) is 8.26. The Morgan fingerprint density at radius 2 is 1.97 bits per heavy atom. The van der Waals surface area contributed by atoms with Crippen molar-refractivity contribution in [3.63, 3.8) is 0 Å². The van der Waals surface area contributed by atoms with Crippen molar-refractivity contribution in [2.24, 2.45) is 0 Å². The Morgan fingerprint density at radius 3 is 2.69 bits per heavy atom. The highest BCUT2D eigenvalue weighted by Crippen LogP contribution is 2.18. The number of para-hydroxylation sites is 1. The molecule has 0 saturated carbocycles. The van der Waals surface area contributed by atoms with Crippen molar-refractivity contribution in [3.05, 3.63) is 76.5 Å². The second-order valence-electron chi connectivity index (χ2n) is 7.23. The number of hydrogen-bond acceptors (Lipinski definition) is 5. The molecule has 1 aliphatic heterocycles. The Morgan fingerprint density at radius 1 is 1.21 bits per heavy atom. The molecule has 7 heteroatoms. The van der Waals surface area contributed by atoms with Gasteiger partial charge in [-0.15, -0.1) is 0 Å². The van der Waals surface area contributed by atoms with Crippen molar-refractivity contribution in [2.45, 2.75) is 25.8 Å². The van der Waals surface area contributed by atoms with Gasteiger partial charge in [-0.2, -0.15) is 0 Å². The number of aryl methyl sites for hydroxylation is 1. The minimum absolute atomic E-state index is 0.0468. The van der Waals surface area contributed by atoms with Gasteiger partial charge in [0, 0.05) is 54.0 Å². The molecule has 148 valence electrons. The van der Waals surface area contributed by atoms with E-state index >= 15 is 0 Å². The SMILES string of the molecule is Cc1nc(-c2ccncc2)[nH]c(=O)c1CC(=O)N1CC[C@@H](Nc2ccccc2)C1. The summed E-state index contributed by atoms with van der Waals surface area (Å²) < 4.78 is 0. The number of benzene rings is 1. The van der Waals surface area contributed by atoms with Crippen LogP contribution in [0.4, 0.5) is 5.69 Å². The highest BCUT2D eigenvalue weighted by atomic mass is 16.2. The standard InChI is InChI=1S/C22H23N5O2/c1-15-19(22(29)26-21(24-15)16-7-10-23-11-8-16)13-20(28)27-12-9-18(14-27)25-17-5-3-2-4-6-17/h2-8,10-11,18,25H,9,12-14H2,1H3,(H,24,26,29)/t18-/m1/s1. The third-order valence-electron chi connectivity index (χ3n) is 5.19. The first-order valence-corrected chi connectivity index (χ1v) is 9.69. The Kier molecular flexibility index (Phi) is 5.37. The average molecular weight is 389 g/mol. The van der Waals surface area contributed by atoms with Crippen LogP contribution in [0.2, 0.25) is 0 Å². The fraction of sp³-hybridized carbons (Fsp3) is 0.273. The summed E-state index contributed by atoms with van der Waals surface area (Å²) in [6, 6.07) is 13.8. The molecule has 2 aromatic heterocycles. The van der Waals surface area contributed by atoms with Gasteiger partial charge in [0.1, 0.15) is 5.82 Å². The lowest BCUT2D eigenvalue weighted by Gasteiger charge is -2.18. The molecule has 0 spiro atoms. The van der Waals surface area contributed by atoms with E-state index in [1.165, 1.54) is 0 Å². The lowest BCUT2D eigenvalue weighted by Crippen LogP contribution is -2.34. The molecule has 1 amide bonds. The van der Waals surface area contributed by atoms with E-state index in [2.05, 4.69) is 20.3 Å². The van der Waals surface area contributed by atoms with Gasteiger partial charge >= 0.3 is 0 Å². The van der Waals surface area contributed by atoms with Gasteiger partial charge in [-0.1, -0.05) is 18.2 Å². The number of rotatable bonds is 5. The molecule has 1 fully saturated rings. The van der Waals surface area contributed by atoms with Crippen LogP contribution in [0.15, 0.2) is 59.7 Å². The predicted molar refractivity (Wildman–Crippen MR) is 112 cm³/mol. The summed E-state index contributed by atoms with van der Waals surface area (Å²) in [5, 5.41) is 3.46. The Bertz CT molecular complexity index is 1050. The molecule has 0 unspecified atom stereocenters. The van der Waals surface area contributed by atoms with Crippen molar-refractivity contribution in [2.75, 3.05) is 18.4 Å². The lowest BCUT2D eigenvalue weighted by atomic mass is 10.1. The summed E-state index contributed by atoms with van der Waals surface area (Å²) in [7, 11) is 0. The third kappa shape index (κ3) is 4.34. The van der Waals surface area contributed by atoms with Gasteiger partial charge in [-0.25, -0.2) is 4.98 Å². The van der Waals surface area contributed by atoms with Crippen molar-refractivity contribution < 1.29 is 4.79 Å². The minimum atomic E-state index is -0.268. The van der Waals surface area contributed by atoms with E-state index in [9.17, 15) is 9.59 Å². The molecule has 1 aliphatic rings. The number of carbonyl (C=O) groups excluding carboxylic acids is 1. The van der Waals surface area contributed by atoms with E-state index in [4.69, 9.17) is 0 Å². The summed E-state index contributed by atoms with van der Waals surface area (Å²) in [4.78, 5) is 38.4. The topological polar surface area (TPSA) is 91.0 Å². The van der Waals surface area contributed by atoms with Gasteiger partial charge in [0.2, 0.25) is 5.91 Å². The van der Waals surface area contributed by atoms with Crippen molar-refractivity contribution >= 4 is 11.6 Å². The van der Waals surface area contributed by atoms with Crippen molar-refractivity contribution in [1.82, 2.24) is 19.9 Å². The van der Waals surface area contributed by atoms with E-state index in [0.29, 0.717) is 30.2 Å². The number of nitrogens with one attached hydrogen (secondary N) is 2. The number of pyridine rings is 1. The molecule has 3 aromatic rings. The van der Waals surface area contributed by atoms with E-state index in [-0.39, 0.29) is 23.9 Å². The zero-order valence-corrected chi connectivity index (χ0v) is 16.3. The molecule has 0 aliphatic carbocycles. The van der Waals surface area contributed by atoms with Crippen LogP contribution in [0, 0.1) is 6.92 Å². The quantitative estimate of drug-likeness (QED) is 0.699. The van der Waals surface area contributed by atoms with E-state index in [1.807, 2.05) is 35.2 Å². The molecule has 0 radical (unpaired) electrons. The number of carbonyl (C=O) groups is 1. The van der Waals surface area contributed by atoms with Crippen LogP contribution in [0.3, 0.4) is 0 Å². The van der Waals surface area contributed by atoms with Gasteiger partial charge < -0.3 is 15.2 Å². The summed E-state index contributed by atoms with van der Waals surface area (Å²) in [6.45, 7) is 3.09. The number of anilines is 1.